The second kappa shape index (κ2) is 7.39. The highest BCUT2D eigenvalue weighted by Gasteiger charge is 2.36. The van der Waals surface area contributed by atoms with Crippen LogP contribution in [0.1, 0.15) is 77.0 Å². The third kappa shape index (κ3) is 4.18. The zero-order valence-electron chi connectivity index (χ0n) is 12.5. The normalized spacial score (nSPS) is 23.8. The van der Waals surface area contributed by atoms with Crippen LogP contribution in [-0.2, 0) is 4.79 Å². The van der Waals surface area contributed by atoms with Crippen LogP contribution in [0.15, 0.2) is 0 Å². The van der Waals surface area contributed by atoms with Crippen molar-refractivity contribution in [2.75, 3.05) is 0 Å². The second-order valence-corrected chi connectivity index (χ2v) is 7.06. The van der Waals surface area contributed by atoms with E-state index in [-0.39, 0.29) is 5.91 Å². The first-order valence-electron chi connectivity index (χ1n) is 8.23. The number of rotatable bonds is 4. The van der Waals surface area contributed by atoms with Crippen LogP contribution in [0.3, 0.4) is 0 Å². The van der Waals surface area contributed by atoms with Crippen LogP contribution < -0.4 is 11.1 Å². The Balaban J connectivity index is 1.89. The maximum atomic E-state index is 12.4. The molecule has 2 aliphatic rings. The zero-order chi connectivity index (χ0) is 14.4. The molecule has 3 nitrogen and oxygen atoms in total. The quantitative estimate of drug-likeness (QED) is 0.617. The van der Waals surface area contributed by atoms with E-state index in [0.717, 1.165) is 25.7 Å². The summed E-state index contributed by atoms with van der Waals surface area (Å²) in [5, 5.41) is 3.19. The van der Waals surface area contributed by atoms with Crippen molar-refractivity contribution in [1.29, 1.82) is 0 Å². The standard InChI is InChI=1S/C16H28N2OS/c17-15(20)16(10-6-3-7-11-16)18-14(19)12-13-8-4-1-2-5-9-13/h13H,1-12H2,(H2,17,20)(H,18,19). The lowest BCUT2D eigenvalue weighted by Crippen LogP contribution is -2.57. The van der Waals surface area contributed by atoms with Crippen molar-refractivity contribution >= 4 is 23.1 Å². The molecule has 2 aliphatic carbocycles. The van der Waals surface area contributed by atoms with Crippen LogP contribution in [-0.4, -0.2) is 16.4 Å². The van der Waals surface area contributed by atoms with E-state index in [1.165, 1.54) is 44.9 Å². The van der Waals surface area contributed by atoms with E-state index < -0.39 is 5.54 Å². The van der Waals surface area contributed by atoms with Gasteiger partial charge in [-0.15, -0.1) is 0 Å². The van der Waals surface area contributed by atoms with E-state index in [1.807, 2.05) is 0 Å². The monoisotopic (exact) mass is 296 g/mol. The summed E-state index contributed by atoms with van der Waals surface area (Å²) in [4.78, 5) is 12.9. The first-order valence-corrected chi connectivity index (χ1v) is 8.64. The molecule has 2 saturated carbocycles. The Morgan fingerprint density at radius 2 is 1.60 bits per heavy atom. The molecule has 0 aromatic heterocycles. The van der Waals surface area contributed by atoms with Gasteiger partial charge in [-0.1, -0.05) is 57.2 Å². The lowest BCUT2D eigenvalue weighted by molar-refractivity contribution is -0.123. The summed E-state index contributed by atoms with van der Waals surface area (Å²) in [6, 6.07) is 0. The van der Waals surface area contributed by atoms with Gasteiger partial charge < -0.3 is 11.1 Å². The minimum atomic E-state index is -0.393. The third-order valence-electron chi connectivity index (χ3n) is 5.01. The number of amides is 1. The number of carbonyl (C=O) groups excluding carboxylic acids is 1. The molecule has 0 aromatic rings. The summed E-state index contributed by atoms with van der Waals surface area (Å²) < 4.78 is 0. The van der Waals surface area contributed by atoms with Crippen molar-refractivity contribution < 1.29 is 4.79 Å². The van der Waals surface area contributed by atoms with Crippen molar-refractivity contribution in [1.82, 2.24) is 5.32 Å². The van der Waals surface area contributed by atoms with E-state index in [9.17, 15) is 4.79 Å². The Bertz CT molecular complexity index is 342. The molecule has 0 spiro atoms. The average Bonchev–Trinajstić information content (AvgIpc) is 2.68. The topological polar surface area (TPSA) is 55.1 Å². The van der Waals surface area contributed by atoms with Crippen LogP contribution in [0.4, 0.5) is 0 Å². The van der Waals surface area contributed by atoms with Crippen LogP contribution in [0.25, 0.3) is 0 Å². The van der Waals surface area contributed by atoms with Gasteiger partial charge in [0.2, 0.25) is 5.91 Å². The maximum absolute atomic E-state index is 12.4. The van der Waals surface area contributed by atoms with E-state index >= 15 is 0 Å². The molecule has 0 unspecified atom stereocenters. The molecule has 0 atom stereocenters. The molecule has 0 aromatic carbocycles. The minimum Gasteiger partial charge on any atom is -0.391 e. The van der Waals surface area contributed by atoms with Gasteiger partial charge in [0.1, 0.15) is 0 Å². The van der Waals surface area contributed by atoms with Gasteiger partial charge in [-0.25, -0.2) is 0 Å². The highest BCUT2D eigenvalue weighted by molar-refractivity contribution is 7.80. The van der Waals surface area contributed by atoms with Gasteiger partial charge in [0, 0.05) is 6.42 Å². The molecular weight excluding hydrogens is 268 g/mol. The first kappa shape index (κ1) is 15.7. The van der Waals surface area contributed by atoms with Gasteiger partial charge in [0.15, 0.2) is 0 Å². The van der Waals surface area contributed by atoms with Crippen LogP contribution in [0.2, 0.25) is 0 Å². The van der Waals surface area contributed by atoms with Crippen molar-refractivity contribution in [3.63, 3.8) is 0 Å². The predicted molar refractivity (Wildman–Crippen MR) is 86.6 cm³/mol. The SMILES string of the molecule is NC(=S)C1(NC(=O)CC2CCCCCC2)CCCCC1. The Morgan fingerprint density at radius 1 is 1.05 bits per heavy atom. The fraction of sp³-hybridized carbons (Fsp3) is 0.875. The summed E-state index contributed by atoms with van der Waals surface area (Å²) in [6.07, 6.45) is 13.6. The number of hydrogen-bond acceptors (Lipinski definition) is 2. The number of hydrogen-bond donors (Lipinski definition) is 2. The molecule has 1 amide bonds. The lowest BCUT2D eigenvalue weighted by atomic mass is 9.81. The molecule has 0 saturated heterocycles. The summed E-state index contributed by atoms with van der Waals surface area (Å²) in [7, 11) is 0. The van der Waals surface area contributed by atoms with Gasteiger partial charge in [-0.2, -0.15) is 0 Å². The molecule has 4 heteroatoms. The molecular formula is C16H28N2OS. The van der Waals surface area contributed by atoms with Crippen molar-refractivity contribution in [3.05, 3.63) is 0 Å². The fourth-order valence-corrected chi connectivity index (χ4v) is 3.99. The Kier molecular flexibility index (Phi) is 5.82. The number of nitrogens with two attached hydrogens (primary N) is 1. The predicted octanol–water partition coefficient (Wildman–Crippen LogP) is 3.45. The Labute approximate surface area is 128 Å². The van der Waals surface area contributed by atoms with E-state index in [2.05, 4.69) is 5.32 Å². The summed E-state index contributed by atoms with van der Waals surface area (Å²) in [6.45, 7) is 0. The molecule has 20 heavy (non-hydrogen) atoms. The van der Waals surface area contributed by atoms with Crippen molar-refractivity contribution in [3.8, 4) is 0 Å². The molecule has 0 radical (unpaired) electrons. The van der Waals surface area contributed by atoms with E-state index in [0.29, 0.717) is 17.3 Å². The smallest absolute Gasteiger partial charge is 0.221 e. The van der Waals surface area contributed by atoms with E-state index in [4.69, 9.17) is 18.0 Å². The van der Waals surface area contributed by atoms with Crippen LogP contribution in [0, 0.1) is 5.92 Å². The molecule has 114 valence electrons. The van der Waals surface area contributed by atoms with Gasteiger partial charge in [-0.05, 0) is 31.6 Å². The first-order chi connectivity index (χ1) is 9.62. The largest absolute Gasteiger partial charge is 0.391 e. The summed E-state index contributed by atoms with van der Waals surface area (Å²) >= 11 is 5.24. The summed E-state index contributed by atoms with van der Waals surface area (Å²) in [5.74, 6) is 0.719. The number of nitrogens with one attached hydrogen (secondary N) is 1. The van der Waals surface area contributed by atoms with Crippen molar-refractivity contribution in [2.24, 2.45) is 11.7 Å². The lowest BCUT2D eigenvalue weighted by Gasteiger charge is -2.37. The Morgan fingerprint density at radius 3 is 2.15 bits per heavy atom. The molecule has 0 aliphatic heterocycles. The Hall–Kier alpha value is -0.640. The van der Waals surface area contributed by atoms with Gasteiger partial charge in [-0.3, -0.25) is 4.79 Å². The average molecular weight is 296 g/mol. The van der Waals surface area contributed by atoms with Gasteiger partial charge in [0.25, 0.3) is 0 Å². The number of thiocarbonyl (C=S) groups is 1. The van der Waals surface area contributed by atoms with Gasteiger partial charge in [0.05, 0.1) is 10.5 Å². The zero-order valence-corrected chi connectivity index (χ0v) is 13.3. The highest BCUT2D eigenvalue weighted by atomic mass is 32.1. The van der Waals surface area contributed by atoms with Crippen LogP contribution >= 0.6 is 12.2 Å². The van der Waals surface area contributed by atoms with Crippen molar-refractivity contribution in [2.45, 2.75) is 82.6 Å². The fourth-order valence-electron chi connectivity index (χ4n) is 3.74. The third-order valence-corrected chi connectivity index (χ3v) is 5.40. The summed E-state index contributed by atoms with van der Waals surface area (Å²) in [5.41, 5.74) is 5.53. The minimum absolute atomic E-state index is 0.159. The number of carbonyl (C=O) groups is 1. The maximum Gasteiger partial charge on any atom is 0.221 e. The molecule has 2 rings (SSSR count). The molecule has 3 N–H and O–H groups in total. The van der Waals surface area contributed by atoms with E-state index in [1.54, 1.807) is 0 Å². The molecule has 0 bridgehead atoms. The van der Waals surface area contributed by atoms with Gasteiger partial charge >= 0.3 is 0 Å². The highest BCUT2D eigenvalue weighted by Crippen LogP contribution is 2.30. The molecule has 2 fully saturated rings. The second-order valence-electron chi connectivity index (χ2n) is 6.62. The van der Waals surface area contributed by atoms with Crippen LogP contribution in [0.5, 0.6) is 0 Å². The molecule has 0 heterocycles.